The van der Waals surface area contributed by atoms with Gasteiger partial charge >= 0.3 is 5.97 Å². The second-order valence-corrected chi connectivity index (χ2v) is 5.30. The Balaban J connectivity index is 2.86. The van der Waals surface area contributed by atoms with Crippen LogP contribution in [0.5, 0.6) is 0 Å². The number of benzene rings is 1. The van der Waals surface area contributed by atoms with Crippen LogP contribution in [0.25, 0.3) is 0 Å². The molecule has 4 heteroatoms. The Labute approximate surface area is 118 Å². The summed E-state index contributed by atoms with van der Waals surface area (Å²) in [5.41, 5.74) is 0.770. The maximum absolute atomic E-state index is 11.9. The van der Waals surface area contributed by atoms with Gasteiger partial charge in [-0.3, -0.25) is 14.4 Å². The van der Waals surface area contributed by atoms with Crippen molar-refractivity contribution in [2.45, 2.75) is 45.4 Å². The van der Waals surface area contributed by atoms with E-state index in [1.54, 1.807) is 24.3 Å². The summed E-state index contributed by atoms with van der Waals surface area (Å²) in [7, 11) is 0. The van der Waals surface area contributed by atoms with Gasteiger partial charge in [0.25, 0.3) is 0 Å². The molecule has 0 saturated heterocycles. The third-order valence-electron chi connectivity index (χ3n) is 3.51. The quantitative estimate of drug-likeness (QED) is 0.777. The van der Waals surface area contributed by atoms with Crippen LogP contribution in [0.1, 0.15) is 56.0 Å². The van der Waals surface area contributed by atoms with Gasteiger partial charge in [0.1, 0.15) is 5.78 Å². The van der Waals surface area contributed by atoms with E-state index in [1.807, 2.05) is 20.8 Å². The molecule has 0 amide bonds. The molecule has 0 fully saturated rings. The molecular weight excluding hydrogens is 256 g/mol. The van der Waals surface area contributed by atoms with Crippen LogP contribution in [-0.2, 0) is 15.0 Å². The summed E-state index contributed by atoms with van der Waals surface area (Å²) in [5, 5.41) is 8.56. The second kappa shape index (κ2) is 6.46. The van der Waals surface area contributed by atoms with E-state index in [2.05, 4.69) is 0 Å². The predicted molar refractivity (Wildman–Crippen MR) is 76.0 cm³/mol. The van der Waals surface area contributed by atoms with Crippen LogP contribution >= 0.6 is 0 Å². The summed E-state index contributed by atoms with van der Waals surface area (Å²) in [6.45, 7) is 5.55. The van der Waals surface area contributed by atoms with E-state index < -0.39 is 11.4 Å². The van der Waals surface area contributed by atoms with Gasteiger partial charge in [-0.2, -0.15) is 0 Å². The normalized spacial score (nSPS) is 11.2. The highest BCUT2D eigenvalue weighted by Gasteiger charge is 2.27. The first-order valence-electron chi connectivity index (χ1n) is 6.68. The molecule has 0 aliphatic carbocycles. The summed E-state index contributed by atoms with van der Waals surface area (Å²) in [6, 6.07) is 6.84. The van der Waals surface area contributed by atoms with Gasteiger partial charge < -0.3 is 5.11 Å². The second-order valence-electron chi connectivity index (χ2n) is 5.30. The minimum Gasteiger partial charge on any atom is -0.481 e. The van der Waals surface area contributed by atoms with Gasteiger partial charge in [0.05, 0.1) is 6.42 Å². The summed E-state index contributed by atoms with van der Waals surface area (Å²) in [5.74, 6) is -1.04. The number of ketones is 2. The van der Waals surface area contributed by atoms with Crippen molar-refractivity contribution in [2.24, 2.45) is 0 Å². The molecule has 0 aromatic heterocycles. The molecule has 0 spiro atoms. The van der Waals surface area contributed by atoms with Crippen LogP contribution in [-0.4, -0.2) is 22.6 Å². The SMILES string of the molecule is CCC(=O)C(C)(C)c1ccc(C(=O)CCC(=O)O)cc1. The van der Waals surface area contributed by atoms with Gasteiger partial charge in [0, 0.05) is 23.8 Å². The molecule has 0 aliphatic heterocycles. The van der Waals surface area contributed by atoms with Crippen molar-refractivity contribution in [1.82, 2.24) is 0 Å². The largest absolute Gasteiger partial charge is 0.481 e. The van der Waals surface area contributed by atoms with Crippen molar-refractivity contribution < 1.29 is 19.5 Å². The molecule has 1 aromatic carbocycles. The number of carboxylic acids is 1. The van der Waals surface area contributed by atoms with E-state index >= 15 is 0 Å². The van der Waals surface area contributed by atoms with Gasteiger partial charge in [0.15, 0.2) is 5.78 Å². The smallest absolute Gasteiger partial charge is 0.303 e. The van der Waals surface area contributed by atoms with E-state index in [-0.39, 0.29) is 24.4 Å². The molecule has 0 saturated carbocycles. The molecule has 1 N–H and O–H groups in total. The minimum absolute atomic E-state index is 0.00797. The number of carbonyl (C=O) groups excluding carboxylic acids is 2. The highest BCUT2D eigenvalue weighted by molar-refractivity contribution is 5.97. The summed E-state index contributed by atoms with van der Waals surface area (Å²) in [6.07, 6.45) is 0.290. The van der Waals surface area contributed by atoms with Crippen LogP contribution in [0.3, 0.4) is 0 Å². The van der Waals surface area contributed by atoms with Crippen molar-refractivity contribution in [1.29, 1.82) is 0 Å². The molecule has 108 valence electrons. The van der Waals surface area contributed by atoms with E-state index in [0.29, 0.717) is 12.0 Å². The average molecular weight is 276 g/mol. The van der Waals surface area contributed by atoms with Crippen molar-refractivity contribution in [2.75, 3.05) is 0 Å². The Morgan fingerprint density at radius 2 is 1.60 bits per heavy atom. The van der Waals surface area contributed by atoms with Gasteiger partial charge in [-0.25, -0.2) is 0 Å². The van der Waals surface area contributed by atoms with Gasteiger partial charge in [-0.05, 0) is 19.4 Å². The zero-order chi connectivity index (χ0) is 15.3. The first kappa shape index (κ1) is 16.1. The lowest BCUT2D eigenvalue weighted by Gasteiger charge is -2.23. The Hall–Kier alpha value is -1.97. The highest BCUT2D eigenvalue weighted by Crippen LogP contribution is 2.26. The van der Waals surface area contributed by atoms with Crippen LogP contribution in [0.4, 0.5) is 0 Å². The average Bonchev–Trinajstić information content (AvgIpc) is 2.43. The molecule has 1 aromatic rings. The molecule has 0 radical (unpaired) electrons. The molecule has 20 heavy (non-hydrogen) atoms. The van der Waals surface area contributed by atoms with Crippen molar-refractivity contribution in [3.63, 3.8) is 0 Å². The fourth-order valence-corrected chi connectivity index (χ4v) is 2.04. The lowest BCUT2D eigenvalue weighted by Crippen LogP contribution is -2.28. The van der Waals surface area contributed by atoms with Crippen molar-refractivity contribution in [3.05, 3.63) is 35.4 Å². The molecule has 0 bridgehead atoms. The van der Waals surface area contributed by atoms with Gasteiger partial charge in [-0.1, -0.05) is 31.2 Å². The maximum atomic E-state index is 11.9. The van der Waals surface area contributed by atoms with Crippen molar-refractivity contribution in [3.8, 4) is 0 Å². The first-order valence-corrected chi connectivity index (χ1v) is 6.68. The number of Topliss-reactive ketones (excluding diaryl/α,β-unsaturated/α-hetero) is 2. The van der Waals surface area contributed by atoms with E-state index in [9.17, 15) is 14.4 Å². The number of hydrogen-bond acceptors (Lipinski definition) is 3. The zero-order valence-electron chi connectivity index (χ0n) is 12.1. The summed E-state index contributed by atoms with van der Waals surface area (Å²) < 4.78 is 0. The van der Waals surface area contributed by atoms with E-state index in [1.165, 1.54) is 0 Å². The lowest BCUT2D eigenvalue weighted by molar-refractivity contribution is -0.137. The molecule has 0 atom stereocenters. The monoisotopic (exact) mass is 276 g/mol. The maximum Gasteiger partial charge on any atom is 0.303 e. The fourth-order valence-electron chi connectivity index (χ4n) is 2.04. The fraction of sp³-hybridized carbons (Fsp3) is 0.438. The van der Waals surface area contributed by atoms with Gasteiger partial charge in [0.2, 0.25) is 0 Å². The van der Waals surface area contributed by atoms with Crippen LogP contribution in [0, 0.1) is 0 Å². The molecule has 0 unspecified atom stereocenters. The van der Waals surface area contributed by atoms with E-state index in [0.717, 1.165) is 5.56 Å². The molecule has 4 nitrogen and oxygen atoms in total. The summed E-state index contributed by atoms with van der Waals surface area (Å²) >= 11 is 0. The topological polar surface area (TPSA) is 71.4 Å². The van der Waals surface area contributed by atoms with Crippen LogP contribution < -0.4 is 0 Å². The number of hydrogen-bond donors (Lipinski definition) is 1. The third kappa shape index (κ3) is 3.76. The summed E-state index contributed by atoms with van der Waals surface area (Å²) in [4.78, 5) is 34.1. The minimum atomic E-state index is -0.982. The number of carboxylic acid groups (broad SMARTS) is 1. The van der Waals surface area contributed by atoms with Crippen molar-refractivity contribution >= 4 is 17.5 Å². The van der Waals surface area contributed by atoms with Gasteiger partial charge in [-0.15, -0.1) is 0 Å². The lowest BCUT2D eigenvalue weighted by atomic mass is 9.79. The predicted octanol–water partition coefficient (Wildman–Crippen LogP) is 2.99. The number of carbonyl (C=O) groups is 3. The first-order chi connectivity index (χ1) is 9.28. The highest BCUT2D eigenvalue weighted by atomic mass is 16.4. The Bertz CT molecular complexity index is 512. The molecule has 0 heterocycles. The number of aliphatic carboxylic acids is 1. The molecule has 1 rings (SSSR count). The Kier molecular flexibility index (Phi) is 5.19. The standard InChI is InChI=1S/C16H20O4/c1-4-14(18)16(2,3)12-7-5-11(6-8-12)13(17)9-10-15(19)20/h5-8H,4,9-10H2,1-3H3,(H,19,20). The molecular formula is C16H20O4. The Morgan fingerprint density at radius 3 is 2.05 bits per heavy atom. The van der Waals surface area contributed by atoms with E-state index in [4.69, 9.17) is 5.11 Å². The molecule has 0 aliphatic rings. The Morgan fingerprint density at radius 1 is 1.05 bits per heavy atom. The zero-order valence-corrected chi connectivity index (χ0v) is 12.1. The van der Waals surface area contributed by atoms with Crippen LogP contribution in [0.2, 0.25) is 0 Å². The number of rotatable bonds is 7. The third-order valence-corrected chi connectivity index (χ3v) is 3.51. The van der Waals surface area contributed by atoms with Crippen LogP contribution in [0.15, 0.2) is 24.3 Å².